The van der Waals surface area contributed by atoms with Crippen molar-refractivity contribution in [1.29, 1.82) is 0 Å². The van der Waals surface area contributed by atoms with Crippen molar-refractivity contribution in [2.24, 2.45) is 11.7 Å². The van der Waals surface area contributed by atoms with Crippen LogP contribution in [0.3, 0.4) is 0 Å². The van der Waals surface area contributed by atoms with Crippen molar-refractivity contribution in [1.82, 2.24) is 0 Å². The summed E-state index contributed by atoms with van der Waals surface area (Å²) in [6.07, 6.45) is 2.23. The highest BCUT2D eigenvalue weighted by Gasteiger charge is 1.92. The monoisotopic (exact) mass is 189 g/mol. The first-order valence-corrected chi connectivity index (χ1v) is 4.78. The number of carbonyl (C=O) groups is 1. The maximum atomic E-state index is 10.1. The molecule has 0 spiro atoms. The van der Waals surface area contributed by atoms with E-state index in [9.17, 15) is 4.79 Å². The van der Waals surface area contributed by atoms with Gasteiger partial charge >= 0.3 is 0 Å². The van der Waals surface area contributed by atoms with Gasteiger partial charge in [-0.3, -0.25) is 4.79 Å². The van der Waals surface area contributed by atoms with Crippen molar-refractivity contribution in [3.8, 4) is 0 Å². The first-order valence-electron chi connectivity index (χ1n) is 4.78. The van der Waals surface area contributed by atoms with Crippen LogP contribution in [0, 0.1) is 5.92 Å². The summed E-state index contributed by atoms with van der Waals surface area (Å²) in [5.74, 6) is 0.603. The maximum absolute atomic E-state index is 10.1. The highest BCUT2D eigenvalue weighted by atomic mass is 16.5. The standard InChI is InChI=1S/C6H13NO2.C4H10/c1-9-5-3-2-4-6(7)8;1-4(2)3/h2-5H2,1H3,(H2,7,8);4H,1-3H3. The Kier molecular flexibility index (Phi) is 13.1. The van der Waals surface area contributed by atoms with Crippen LogP contribution in [0.1, 0.15) is 40.0 Å². The van der Waals surface area contributed by atoms with E-state index in [2.05, 4.69) is 20.8 Å². The number of hydrogen-bond acceptors (Lipinski definition) is 2. The molecular formula is C10H23NO2. The summed E-state index contributed by atoms with van der Waals surface area (Å²) in [6, 6.07) is 0. The van der Waals surface area contributed by atoms with E-state index >= 15 is 0 Å². The number of unbranched alkanes of at least 4 members (excludes halogenated alkanes) is 1. The SMILES string of the molecule is CC(C)C.COCCCCC(N)=O. The average molecular weight is 189 g/mol. The zero-order chi connectivity index (χ0) is 10.7. The lowest BCUT2D eigenvalue weighted by Crippen LogP contribution is -2.09. The molecule has 0 unspecified atom stereocenters. The van der Waals surface area contributed by atoms with Crippen LogP contribution in [0.25, 0.3) is 0 Å². The number of carbonyl (C=O) groups excluding carboxylic acids is 1. The van der Waals surface area contributed by atoms with Crippen LogP contribution in [0.5, 0.6) is 0 Å². The van der Waals surface area contributed by atoms with E-state index in [4.69, 9.17) is 10.5 Å². The first kappa shape index (κ1) is 14.9. The molecule has 3 heteroatoms. The van der Waals surface area contributed by atoms with Crippen LogP contribution in [0.4, 0.5) is 0 Å². The molecule has 0 radical (unpaired) electrons. The lowest BCUT2D eigenvalue weighted by Gasteiger charge is -1.95. The van der Waals surface area contributed by atoms with Gasteiger partial charge in [0.2, 0.25) is 5.91 Å². The van der Waals surface area contributed by atoms with Crippen LogP contribution < -0.4 is 5.73 Å². The van der Waals surface area contributed by atoms with Gasteiger partial charge in [-0.25, -0.2) is 0 Å². The molecule has 0 saturated heterocycles. The fourth-order valence-corrected chi connectivity index (χ4v) is 0.546. The second-order valence-corrected chi connectivity index (χ2v) is 3.65. The highest BCUT2D eigenvalue weighted by molar-refractivity contribution is 5.73. The van der Waals surface area contributed by atoms with Crippen molar-refractivity contribution >= 4 is 5.91 Å². The fourth-order valence-electron chi connectivity index (χ4n) is 0.546. The van der Waals surface area contributed by atoms with Crippen LogP contribution in [0.15, 0.2) is 0 Å². The van der Waals surface area contributed by atoms with Gasteiger partial charge < -0.3 is 10.5 Å². The van der Waals surface area contributed by atoms with Crippen molar-refractivity contribution in [2.45, 2.75) is 40.0 Å². The molecular weight excluding hydrogens is 166 g/mol. The molecule has 2 N–H and O–H groups in total. The third kappa shape index (κ3) is 34.5. The quantitative estimate of drug-likeness (QED) is 0.672. The van der Waals surface area contributed by atoms with E-state index in [0.717, 1.165) is 18.8 Å². The number of hydrogen-bond donors (Lipinski definition) is 1. The van der Waals surface area contributed by atoms with Gasteiger partial charge in [-0.15, -0.1) is 0 Å². The zero-order valence-corrected chi connectivity index (χ0v) is 9.30. The summed E-state index contributed by atoms with van der Waals surface area (Å²) in [5, 5.41) is 0. The summed E-state index contributed by atoms with van der Waals surface area (Å²) in [6.45, 7) is 7.22. The summed E-state index contributed by atoms with van der Waals surface area (Å²) < 4.78 is 4.77. The Morgan fingerprint density at radius 1 is 1.31 bits per heavy atom. The van der Waals surface area contributed by atoms with E-state index in [1.165, 1.54) is 0 Å². The number of ether oxygens (including phenoxy) is 1. The van der Waals surface area contributed by atoms with Crippen molar-refractivity contribution in [3.05, 3.63) is 0 Å². The minimum absolute atomic E-state index is 0.230. The molecule has 3 nitrogen and oxygen atoms in total. The van der Waals surface area contributed by atoms with E-state index in [-0.39, 0.29) is 5.91 Å². The Labute approximate surface area is 81.6 Å². The van der Waals surface area contributed by atoms with E-state index in [1.807, 2.05) is 0 Å². The Balaban J connectivity index is 0. The van der Waals surface area contributed by atoms with Gasteiger partial charge in [0, 0.05) is 20.1 Å². The van der Waals surface area contributed by atoms with Gasteiger partial charge in [0.25, 0.3) is 0 Å². The Morgan fingerprint density at radius 3 is 2.08 bits per heavy atom. The predicted molar refractivity (Wildman–Crippen MR) is 55.4 cm³/mol. The molecule has 0 fully saturated rings. The highest BCUT2D eigenvalue weighted by Crippen LogP contribution is 1.92. The second-order valence-electron chi connectivity index (χ2n) is 3.65. The fraction of sp³-hybridized carbons (Fsp3) is 0.900. The van der Waals surface area contributed by atoms with Crippen LogP contribution in [0.2, 0.25) is 0 Å². The molecule has 0 atom stereocenters. The number of nitrogens with two attached hydrogens (primary N) is 1. The molecule has 80 valence electrons. The molecule has 0 saturated carbocycles. The molecule has 0 bridgehead atoms. The molecule has 0 aliphatic heterocycles. The third-order valence-corrected chi connectivity index (χ3v) is 1.02. The van der Waals surface area contributed by atoms with Gasteiger partial charge in [0.1, 0.15) is 0 Å². The van der Waals surface area contributed by atoms with E-state index in [1.54, 1.807) is 7.11 Å². The summed E-state index contributed by atoms with van der Waals surface area (Å²) in [4.78, 5) is 10.1. The smallest absolute Gasteiger partial charge is 0.217 e. The number of rotatable bonds is 5. The maximum Gasteiger partial charge on any atom is 0.217 e. The predicted octanol–water partition coefficient (Wildman–Crippen LogP) is 1.95. The van der Waals surface area contributed by atoms with Gasteiger partial charge in [-0.05, 0) is 18.8 Å². The molecule has 0 aromatic rings. The van der Waals surface area contributed by atoms with Crippen LogP contribution in [-0.4, -0.2) is 19.6 Å². The largest absolute Gasteiger partial charge is 0.385 e. The van der Waals surface area contributed by atoms with Gasteiger partial charge in [0.05, 0.1) is 0 Å². The van der Waals surface area contributed by atoms with Gasteiger partial charge in [0.15, 0.2) is 0 Å². The van der Waals surface area contributed by atoms with Crippen molar-refractivity contribution in [3.63, 3.8) is 0 Å². The third-order valence-electron chi connectivity index (χ3n) is 1.02. The molecule has 0 aliphatic rings. The Bertz CT molecular complexity index is 111. The molecule has 0 aromatic heterocycles. The lowest BCUT2D eigenvalue weighted by atomic mass is 10.2. The number of amides is 1. The molecule has 13 heavy (non-hydrogen) atoms. The van der Waals surface area contributed by atoms with Crippen molar-refractivity contribution < 1.29 is 9.53 Å². The second kappa shape index (κ2) is 11.4. The van der Waals surface area contributed by atoms with Gasteiger partial charge in [-0.2, -0.15) is 0 Å². The van der Waals surface area contributed by atoms with Crippen LogP contribution in [-0.2, 0) is 9.53 Å². The topological polar surface area (TPSA) is 52.3 Å². The van der Waals surface area contributed by atoms with E-state index < -0.39 is 0 Å². The molecule has 0 aromatic carbocycles. The van der Waals surface area contributed by atoms with E-state index in [0.29, 0.717) is 13.0 Å². The van der Waals surface area contributed by atoms with Crippen LogP contribution >= 0.6 is 0 Å². The lowest BCUT2D eigenvalue weighted by molar-refractivity contribution is -0.118. The molecule has 0 aliphatic carbocycles. The number of methoxy groups -OCH3 is 1. The zero-order valence-electron chi connectivity index (χ0n) is 9.30. The average Bonchev–Trinajstić information content (AvgIpc) is 1.97. The summed E-state index contributed by atoms with van der Waals surface area (Å²) >= 11 is 0. The Morgan fingerprint density at radius 2 is 1.77 bits per heavy atom. The normalized spacial score (nSPS) is 9.31. The summed E-state index contributed by atoms with van der Waals surface area (Å²) in [5.41, 5.74) is 4.89. The minimum Gasteiger partial charge on any atom is -0.385 e. The Hall–Kier alpha value is -0.570. The molecule has 0 heterocycles. The minimum atomic E-state index is -0.230. The number of primary amides is 1. The van der Waals surface area contributed by atoms with Crippen molar-refractivity contribution in [2.75, 3.05) is 13.7 Å². The first-order chi connectivity index (χ1) is 6.00. The summed E-state index contributed by atoms with van der Waals surface area (Å²) in [7, 11) is 1.64. The molecule has 0 rings (SSSR count). The molecule has 1 amide bonds. The van der Waals surface area contributed by atoms with Gasteiger partial charge in [-0.1, -0.05) is 20.8 Å².